The number of hydrogen-bond donors (Lipinski definition) is 0. The molecule has 0 unspecified atom stereocenters. The zero-order chi connectivity index (χ0) is 19.5. The number of benzene rings is 1. The van der Waals surface area contributed by atoms with Gasteiger partial charge in [-0.3, -0.25) is 0 Å². The van der Waals surface area contributed by atoms with Gasteiger partial charge >= 0.3 is 0 Å². The molecule has 3 nitrogen and oxygen atoms in total. The van der Waals surface area contributed by atoms with Crippen molar-refractivity contribution in [1.29, 1.82) is 0 Å². The standard InChI is InChI=1S/C19H31F3O3Si/c1-13(2)23-19(24-14(3)4)25-26-10-8-6-5-7-9-15-11-17(21)18(22)12-16(15)20/h11-14,19H,5-10,26H2,1-4H3. The molecular weight excluding hydrogens is 361 g/mol. The highest BCUT2D eigenvalue weighted by Crippen LogP contribution is 2.17. The number of hydrogen-bond acceptors (Lipinski definition) is 3. The fourth-order valence-corrected chi connectivity index (χ4v) is 3.51. The molecule has 0 N–H and O–H groups in total. The Kier molecular flexibility index (Phi) is 11.1. The number of unbranched alkanes of at least 4 members (excludes halogenated alkanes) is 3. The van der Waals surface area contributed by atoms with Crippen molar-refractivity contribution in [2.75, 3.05) is 0 Å². The Morgan fingerprint density at radius 2 is 1.38 bits per heavy atom. The van der Waals surface area contributed by atoms with Gasteiger partial charge in [-0.15, -0.1) is 0 Å². The molecule has 0 saturated carbocycles. The van der Waals surface area contributed by atoms with Gasteiger partial charge in [0, 0.05) is 6.07 Å². The summed E-state index contributed by atoms with van der Waals surface area (Å²) in [5.74, 6) is -2.81. The summed E-state index contributed by atoms with van der Waals surface area (Å²) < 4.78 is 56.4. The van der Waals surface area contributed by atoms with Gasteiger partial charge in [-0.25, -0.2) is 13.2 Å². The largest absolute Gasteiger partial charge is 0.379 e. The second-order valence-corrected chi connectivity index (χ2v) is 8.35. The molecule has 0 aliphatic carbocycles. The van der Waals surface area contributed by atoms with E-state index in [1.807, 2.05) is 27.7 Å². The minimum absolute atomic E-state index is 0.0458. The van der Waals surface area contributed by atoms with Gasteiger partial charge in [0.25, 0.3) is 6.48 Å². The molecule has 0 aliphatic rings. The molecule has 0 heterocycles. The van der Waals surface area contributed by atoms with Gasteiger partial charge in [0.15, 0.2) is 21.4 Å². The van der Waals surface area contributed by atoms with Crippen molar-refractivity contribution in [1.82, 2.24) is 0 Å². The van der Waals surface area contributed by atoms with Crippen LogP contribution in [0.1, 0.15) is 58.9 Å². The summed E-state index contributed by atoms with van der Waals surface area (Å²) in [6.07, 6.45) is 4.21. The first-order valence-electron chi connectivity index (χ1n) is 9.35. The quantitative estimate of drug-likeness (QED) is 0.208. The van der Waals surface area contributed by atoms with Gasteiger partial charge in [0.05, 0.1) is 12.2 Å². The molecule has 0 fully saturated rings. The van der Waals surface area contributed by atoms with Crippen molar-refractivity contribution in [3.8, 4) is 0 Å². The van der Waals surface area contributed by atoms with Gasteiger partial charge < -0.3 is 13.9 Å². The lowest BCUT2D eigenvalue weighted by molar-refractivity contribution is -0.275. The molecule has 0 atom stereocenters. The van der Waals surface area contributed by atoms with E-state index in [-0.39, 0.29) is 17.8 Å². The second-order valence-electron chi connectivity index (χ2n) is 6.90. The fourth-order valence-electron chi connectivity index (χ4n) is 2.44. The molecule has 0 amide bonds. The number of aryl methyl sites for hydroxylation is 1. The smallest absolute Gasteiger partial charge is 0.262 e. The van der Waals surface area contributed by atoms with Crippen molar-refractivity contribution >= 4 is 9.76 Å². The van der Waals surface area contributed by atoms with Crippen LogP contribution in [0.15, 0.2) is 12.1 Å². The summed E-state index contributed by atoms with van der Waals surface area (Å²) in [5, 5.41) is 0. The summed E-state index contributed by atoms with van der Waals surface area (Å²) in [5.41, 5.74) is 0.237. The van der Waals surface area contributed by atoms with Crippen LogP contribution in [0.2, 0.25) is 6.04 Å². The maximum absolute atomic E-state index is 13.5. The molecule has 0 aliphatic heterocycles. The Morgan fingerprint density at radius 3 is 2.00 bits per heavy atom. The van der Waals surface area contributed by atoms with E-state index in [9.17, 15) is 13.2 Å². The molecule has 0 aromatic heterocycles. The highest BCUT2D eigenvalue weighted by atomic mass is 28.2. The highest BCUT2D eigenvalue weighted by molar-refractivity contribution is 6.27. The third-order valence-corrected chi connectivity index (χ3v) is 5.00. The van der Waals surface area contributed by atoms with Gasteiger partial charge in [-0.2, -0.15) is 0 Å². The van der Waals surface area contributed by atoms with Crippen molar-refractivity contribution < 1.29 is 27.1 Å². The molecule has 1 rings (SSSR count). The van der Waals surface area contributed by atoms with Gasteiger partial charge in [-0.1, -0.05) is 19.3 Å². The summed E-state index contributed by atoms with van der Waals surface area (Å²) >= 11 is 0. The lowest BCUT2D eigenvalue weighted by Gasteiger charge is -2.23. The molecule has 1 aromatic carbocycles. The molecule has 0 saturated heterocycles. The van der Waals surface area contributed by atoms with Crippen molar-refractivity contribution in [2.24, 2.45) is 0 Å². The third-order valence-electron chi connectivity index (χ3n) is 3.70. The van der Waals surface area contributed by atoms with Crippen LogP contribution in [-0.2, 0) is 20.3 Å². The average Bonchev–Trinajstić information content (AvgIpc) is 2.53. The number of ether oxygens (including phenoxy) is 2. The molecule has 1 aromatic rings. The first-order valence-corrected chi connectivity index (χ1v) is 10.9. The topological polar surface area (TPSA) is 27.7 Å². The molecule has 0 bridgehead atoms. The zero-order valence-corrected chi connectivity index (χ0v) is 17.6. The van der Waals surface area contributed by atoms with Crippen LogP contribution in [0.25, 0.3) is 0 Å². The Balaban J connectivity index is 2.14. The highest BCUT2D eigenvalue weighted by Gasteiger charge is 2.13. The van der Waals surface area contributed by atoms with E-state index in [4.69, 9.17) is 13.9 Å². The summed E-state index contributed by atoms with van der Waals surface area (Å²) in [6.45, 7) is 7.18. The lowest BCUT2D eigenvalue weighted by Crippen LogP contribution is -2.28. The minimum atomic E-state index is -1.14. The molecular formula is C19H31F3O3Si. The Morgan fingerprint density at radius 1 is 0.808 bits per heavy atom. The molecule has 150 valence electrons. The van der Waals surface area contributed by atoms with Crippen LogP contribution in [0, 0.1) is 17.5 Å². The summed E-state index contributed by atoms with van der Waals surface area (Å²) in [6, 6.07) is 2.58. The molecule has 26 heavy (non-hydrogen) atoms. The number of rotatable bonds is 13. The van der Waals surface area contributed by atoms with Crippen molar-refractivity contribution in [3.05, 3.63) is 35.1 Å². The van der Waals surface area contributed by atoms with Crippen LogP contribution in [0.5, 0.6) is 0 Å². The molecule has 7 heteroatoms. The van der Waals surface area contributed by atoms with Gasteiger partial charge in [-0.05, 0) is 58.2 Å². The van der Waals surface area contributed by atoms with E-state index in [2.05, 4.69) is 0 Å². The van der Waals surface area contributed by atoms with E-state index in [0.29, 0.717) is 12.5 Å². The maximum atomic E-state index is 13.5. The van der Waals surface area contributed by atoms with E-state index < -0.39 is 33.7 Å². The Labute approximate surface area is 157 Å². The van der Waals surface area contributed by atoms with E-state index in [1.165, 1.54) is 0 Å². The fraction of sp³-hybridized carbons (Fsp3) is 0.684. The Bertz CT molecular complexity index is 517. The van der Waals surface area contributed by atoms with Gasteiger partial charge in [0.1, 0.15) is 5.82 Å². The normalized spacial score (nSPS) is 12.4. The Hall–Kier alpha value is -0.893. The monoisotopic (exact) mass is 392 g/mol. The molecule has 0 radical (unpaired) electrons. The van der Waals surface area contributed by atoms with Crippen LogP contribution in [-0.4, -0.2) is 28.4 Å². The minimum Gasteiger partial charge on any atom is -0.379 e. The molecule has 0 spiro atoms. The predicted octanol–water partition coefficient (Wildman–Crippen LogP) is 4.86. The van der Waals surface area contributed by atoms with Crippen LogP contribution in [0.3, 0.4) is 0 Å². The zero-order valence-electron chi connectivity index (χ0n) is 16.2. The van der Waals surface area contributed by atoms with E-state index in [1.54, 1.807) is 0 Å². The SMILES string of the molecule is CC(C)OC(O[SiH2]CCCCCCc1cc(F)c(F)cc1F)OC(C)C. The predicted molar refractivity (Wildman–Crippen MR) is 99.2 cm³/mol. The average molecular weight is 393 g/mol. The van der Waals surface area contributed by atoms with Crippen LogP contribution < -0.4 is 0 Å². The van der Waals surface area contributed by atoms with Crippen molar-refractivity contribution in [2.45, 2.75) is 84.5 Å². The van der Waals surface area contributed by atoms with Crippen LogP contribution >= 0.6 is 0 Å². The number of halogens is 3. The van der Waals surface area contributed by atoms with Gasteiger partial charge in [0.2, 0.25) is 0 Å². The third kappa shape index (κ3) is 9.71. The lowest BCUT2D eigenvalue weighted by atomic mass is 10.1. The second kappa shape index (κ2) is 12.5. The van der Waals surface area contributed by atoms with E-state index in [0.717, 1.165) is 37.8 Å². The first-order chi connectivity index (χ1) is 12.3. The maximum Gasteiger partial charge on any atom is 0.262 e. The summed E-state index contributed by atoms with van der Waals surface area (Å²) in [7, 11) is -0.725. The van der Waals surface area contributed by atoms with Crippen molar-refractivity contribution in [3.63, 3.8) is 0 Å². The van der Waals surface area contributed by atoms with Crippen LogP contribution in [0.4, 0.5) is 13.2 Å². The first kappa shape index (κ1) is 23.1. The summed E-state index contributed by atoms with van der Waals surface area (Å²) in [4.78, 5) is 0. The van der Waals surface area contributed by atoms with E-state index >= 15 is 0 Å².